The van der Waals surface area contributed by atoms with Gasteiger partial charge in [0.1, 0.15) is 5.82 Å². The van der Waals surface area contributed by atoms with Crippen LogP contribution in [0.15, 0.2) is 72.4 Å². The van der Waals surface area contributed by atoms with Crippen LogP contribution in [-0.2, 0) is 24.2 Å². The summed E-state index contributed by atoms with van der Waals surface area (Å²) in [5.74, 6) is 6.72. The van der Waals surface area contributed by atoms with E-state index < -0.39 is 0 Å². The zero-order chi connectivity index (χ0) is 30.1. The maximum absolute atomic E-state index is 13.9. The standard InChI is InChI=1S/C33H43N5O2S/c1-8-9-14-31-36-24(5)30(19-32(41)37(7)20-22(2)3)33(39)38(31)21-26-15-17-27(18-16-26)29-13-11-10-12-28(29)23(4)35-25(6)40-34/h10-13,15-18,22,35H,4,6,8-9,14,19-21,34H2,1-3,5,7H3. The van der Waals surface area contributed by atoms with Crippen LogP contribution in [0.5, 0.6) is 0 Å². The molecule has 0 spiro atoms. The molecule has 0 unspecified atom stereocenters. The van der Waals surface area contributed by atoms with Crippen molar-refractivity contribution in [3.8, 4) is 11.1 Å². The molecular formula is C33H43N5O2S. The van der Waals surface area contributed by atoms with Crippen molar-refractivity contribution in [3.63, 3.8) is 0 Å². The highest BCUT2D eigenvalue weighted by molar-refractivity contribution is 7.80. The van der Waals surface area contributed by atoms with Crippen molar-refractivity contribution in [2.45, 2.75) is 59.9 Å². The average Bonchev–Trinajstić information content (AvgIpc) is 2.95. The van der Waals surface area contributed by atoms with Gasteiger partial charge in [-0.3, -0.25) is 9.36 Å². The molecule has 1 aromatic heterocycles. The van der Waals surface area contributed by atoms with Crippen LogP contribution in [0.1, 0.15) is 61.8 Å². The summed E-state index contributed by atoms with van der Waals surface area (Å²) < 4.78 is 1.83. The number of nitrogens with one attached hydrogen (secondary N) is 1. The third-order valence-electron chi connectivity index (χ3n) is 6.99. The number of hydrogen-bond donors (Lipinski definition) is 2. The van der Waals surface area contributed by atoms with Crippen LogP contribution in [0.2, 0.25) is 0 Å². The minimum absolute atomic E-state index is 0.0111. The fourth-order valence-electron chi connectivity index (χ4n) is 4.82. The van der Waals surface area contributed by atoms with Gasteiger partial charge in [-0.15, -0.1) is 0 Å². The topological polar surface area (TPSA) is 85.4 Å². The molecule has 8 heteroatoms. The number of likely N-dealkylation sites (N-methyl/N-ethyl adjacent to an activating group) is 1. The van der Waals surface area contributed by atoms with Crippen molar-refractivity contribution in [3.05, 3.63) is 106 Å². The Morgan fingerprint density at radius 3 is 2.49 bits per heavy atom. The number of nitrogens with zero attached hydrogens (tertiary/aromatic N) is 3. The summed E-state index contributed by atoms with van der Waals surface area (Å²) in [4.78, 5) is 26.3. The highest BCUT2D eigenvalue weighted by atomic mass is 32.1. The lowest BCUT2D eigenvalue weighted by atomic mass is 9.97. The Balaban J connectivity index is 1.93. The van der Waals surface area contributed by atoms with Crippen molar-refractivity contribution < 1.29 is 4.84 Å². The fraction of sp³-hybridized carbons (Fsp3) is 0.364. The van der Waals surface area contributed by atoms with E-state index in [1.165, 1.54) is 0 Å². The Morgan fingerprint density at radius 2 is 1.85 bits per heavy atom. The summed E-state index contributed by atoms with van der Waals surface area (Å²) in [6.45, 7) is 17.5. The van der Waals surface area contributed by atoms with Crippen molar-refractivity contribution in [1.29, 1.82) is 0 Å². The third kappa shape index (κ3) is 8.38. The van der Waals surface area contributed by atoms with E-state index in [0.717, 1.165) is 64.6 Å². The van der Waals surface area contributed by atoms with Crippen LogP contribution < -0.4 is 16.8 Å². The Labute approximate surface area is 249 Å². The van der Waals surface area contributed by atoms with Crippen LogP contribution in [0.25, 0.3) is 16.8 Å². The molecule has 0 aliphatic rings. The van der Waals surface area contributed by atoms with E-state index in [1.807, 2.05) is 42.8 Å². The number of rotatable bonds is 14. The number of hydrogen-bond acceptors (Lipinski definition) is 6. The molecular weight excluding hydrogens is 530 g/mol. The molecule has 0 aliphatic heterocycles. The SMILES string of the molecule is C=C(NC(=C)c1ccccc1-c1ccc(Cn2c(CCCC)nc(C)c(CC(=S)N(C)CC(C)C)c2=O)cc1)ON. The number of aryl methyl sites for hydroxylation is 2. The van der Waals surface area contributed by atoms with Crippen molar-refractivity contribution in [1.82, 2.24) is 19.8 Å². The van der Waals surface area contributed by atoms with Crippen LogP contribution in [0.4, 0.5) is 0 Å². The summed E-state index contributed by atoms with van der Waals surface area (Å²) in [6, 6.07) is 16.2. The lowest BCUT2D eigenvalue weighted by Gasteiger charge is -2.23. The zero-order valence-electron chi connectivity index (χ0n) is 25.0. The monoisotopic (exact) mass is 573 g/mol. The lowest BCUT2D eigenvalue weighted by molar-refractivity contribution is 0.208. The van der Waals surface area contributed by atoms with Gasteiger partial charge in [0.05, 0.1) is 11.5 Å². The Hall–Kier alpha value is -3.75. The average molecular weight is 574 g/mol. The Bertz CT molecular complexity index is 1440. The molecule has 218 valence electrons. The molecule has 3 aromatic rings. The molecule has 2 aromatic carbocycles. The normalized spacial score (nSPS) is 10.9. The van der Waals surface area contributed by atoms with Crippen LogP contribution in [0, 0.1) is 12.8 Å². The molecule has 0 saturated heterocycles. The van der Waals surface area contributed by atoms with Crippen molar-refractivity contribution in [2.75, 3.05) is 13.6 Å². The number of nitrogens with two attached hydrogens (primary N) is 1. The first kappa shape index (κ1) is 31.8. The van der Waals surface area contributed by atoms with Crippen LogP contribution >= 0.6 is 12.2 Å². The summed E-state index contributed by atoms with van der Waals surface area (Å²) in [5.41, 5.74) is 6.00. The van der Waals surface area contributed by atoms with Crippen LogP contribution in [-0.4, -0.2) is 33.0 Å². The molecule has 41 heavy (non-hydrogen) atoms. The van der Waals surface area contributed by atoms with Gasteiger partial charge < -0.3 is 15.1 Å². The van der Waals surface area contributed by atoms with E-state index in [4.69, 9.17) is 23.1 Å². The first-order valence-electron chi connectivity index (χ1n) is 14.1. The number of aromatic nitrogens is 2. The predicted octanol–water partition coefficient (Wildman–Crippen LogP) is 5.99. The molecule has 0 radical (unpaired) electrons. The smallest absolute Gasteiger partial charge is 0.257 e. The Kier molecular flexibility index (Phi) is 11.4. The molecule has 0 saturated carbocycles. The minimum Gasteiger partial charge on any atom is -0.394 e. The summed E-state index contributed by atoms with van der Waals surface area (Å²) in [7, 11) is 1.99. The van der Waals surface area contributed by atoms with Gasteiger partial charge >= 0.3 is 0 Å². The molecule has 0 bridgehead atoms. The molecule has 0 amide bonds. The van der Waals surface area contributed by atoms with Gasteiger partial charge in [-0.25, -0.2) is 4.98 Å². The quantitative estimate of drug-likeness (QED) is 0.139. The second-order valence-electron chi connectivity index (χ2n) is 10.8. The minimum atomic E-state index is -0.0111. The zero-order valence-corrected chi connectivity index (χ0v) is 25.8. The molecule has 0 fully saturated rings. The van der Waals surface area contributed by atoms with Gasteiger partial charge in [-0.2, -0.15) is 5.90 Å². The number of unbranched alkanes of at least 4 members (excludes halogenated alkanes) is 1. The van der Waals surface area contributed by atoms with E-state index in [9.17, 15) is 4.79 Å². The highest BCUT2D eigenvalue weighted by Gasteiger charge is 2.18. The maximum Gasteiger partial charge on any atom is 0.257 e. The molecule has 7 nitrogen and oxygen atoms in total. The lowest BCUT2D eigenvalue weighted by Crippen LogP contribution is -2.35. The first-order chi connectivity index (χ1) is 19.5. The van der Waals surface area contributed by atoms with Gasteiger partial charge in [-0.05, 0) is 42.5 Å². The van der Waals surface area contributed by atoms with Gasteiger partial charge in [-0.1, -0.05) is 94.5 Å². The molecule has 3 rings (SSSR count). The van der Waals surface area contributed by atoms with Gasteiger partial charge in [0.15, 0.2) is 0 Å². The molecule has 0 aliphatic carbocycles. The summed E-state index contributed by atoms with van der Waals surface area (Å²) >= 11 is 5.71. The van der Waals surface area contributed by atoms with E-state index in [1.54, 1.807) is 0 Å². The molecule has 0 atom stereocenters. The third-order valence-corrected chi connectivity index (χ3v) is 7.44. The molecule has 1 heterocycles. The molecule has 3 N–H and O–H groups in total. The first-order valence-corrected chi connectivity index (χ1v) is 14.5. The van der Waals surface area contributed by atoms with E-state index >= 15 is 0 Å². The largest absolute Gasteiger partial charge is 0.394 e. The maximum atomic E-state index is 13.9. The van der Waals surface area contributed by atoms with Crippen molar-refractivity contribution >= 4 is 22.9 Å². The summed E-state index contributed by atoms with van der Waals surface area (Å²) in [5, 5.41) is 2.98. The van der Waals surface area contributed by atoms with E-state index in [-0.39, 0.29) is 11.4 Å². The van der Waals surface area contributed by atoms with Crippen LogP contribution in [0.3, 0.4) is 0 Å². The van der Waals surface area contributed by atoms with E-state index in [2.05, 4.69) is 73.2 Å². The van der Waals surface area contributed by atoms with E-state index in [0.29, 0.717) is 30.1 Å². The highest BCUT2D eigenvalue weighted by Crippen LogP contribution is 2.28. The fourth-order valence-corrected chi connectivity index (χ4v) is 5.04. The van der Waals surface area contributed by atoms with Crippen molar-refractivity contribution in [2.24, 2.45) is 11.8 Å². The number of benzene rings is 2. The second-order valence-corrected chi connectivity index (χ2v) is 11.3. The van der Waals surface area contributed by atoms with Gasteiger partial charge in [0, 0.05) is 49.0 Å². The number of thiocarbonyl (C=S) groups is 1. The summed E-state index contributed by atoms with van der Waals surface area (Å²) in [6.07, 6.45) is 3.16. The van der Waals surface area contributed by atoms with Gasteiger partial charge in [0.25, 0.3) is 5.56 Å². The van der Waals surface area contributed by atoms with Gasteiger partial charge in [0.2, 0.25) is 5.88 Å². The predicted molar refractivity (Wildman–Crippen MR) is 173 cm³/mol. The second kappa shape index (κ2) is 14.8. The Morgan fingerprint density at radius 1 is 1.17 bits per heavy atom.